The van der Waals surface area contributed by atoms with Crippen molar-refractivity contribution in [3.05, 3.63) is 54.6 Å². The average Bonchev–Trinajstić information content (AvgIpc) is 2.62. The summed E-state index contributed by atoms with van der Waals surface area (Å²) in [5.41, 5.74) is 1.03. The van der Waals surface area contributed by atoms with Crippen molar-refractivity contribution in [2.24, 2.45) is 0 Å². The SMILES string of the molecule is CCCCCCNC(=O)Nc1ccc(S(=O)(=O)Nc2ccccc2)cc1. The molecule has 0 aliphatic heterocycles. The number of rotatable bonds is 9. The van der Waals surface area contributed by atoms with Gasteiger partial charge in [-0.05, 0) is 42.8 Å². The normalized spacial score (nSPS) is 11.0. The molecule has 7 heteroatoms. The highest BCUT2D eigenvalue weighted by molar-refractivity contribution is 7.92. The number of nitrogens with one attached hydrogen (secondary N) is 3. The van der Waals surface area contributed by atoms with Crippen LogP contribution in [-0.2, 0) is 10.0 Å². The molecule has 0 radical (unpaired) electrons. The first-order chi connectivity index (χ1) is 12.5. The summed E-state index contributed by atoms with van der Waals surface area (Å²) in [5, 5.41) is 5.48. The maximum atomic E-state index is 12.4. The number of unbranched alkanes of at least 4 members (excludes halogenated alkanes) is 3. The summed E-state index contributed by atoms with van der Waals surface area (Å²) in [6, 6.07) is 14.4. The highest BCUT2D eigenvalue weighted by atomic mass is 32.2. The summed E-state index contributed by atoms with van der Waals surface area (Å²) >= 11 is 0. The Morgan fingerprint density at radius 1 is 0.885 bits per heavy atom. The van der Waals surface area contributed by atoms with Gasteiger partial charge < -0.3 is 10.6 Å². The standard InChI is InChI=1S/C19H25N3O3S/c1-2-3-4-8-15-20-19(23)21-16-11-13-18(14-12-16)26(24,25)22-17-9-6-5-7-10-17/h5-7,9-14,22H,2-4,8,15H2,1H3,(H2,20,21,23). The Morgan fingerprint density at radius 2 is 1.58 bits per heavy atom. The minimum atomic E-state index is -3.66. The second kappa shape index (κ2) is 9.82. The quantitative estimate of drug-likeness (QED) is 0.574. The fourth-order valence-electron chi connectivity index (χ4n) is 2.37. The molecule has 0 bridgehead atoms. The number of sulfonamides is 1. The van der Waals surface area contributed by atoms with Gasteiger partial charge in [-0.2, -0.15) is 0 Å². The Hall–Kier alpha value is -2.54. The third-order valence-corrected chi connectivity index (χ3v) is 5.16. The van der Waals surface area contributed by atoms with E-state index in [0.717, 1.165) is 25.7 Å². The number of para-hydroxylation sites is 1. The van der Waals surface area contributed by atoms with Crippen molar-refractivity contribution in [1.82, 2.24) is 5.32 Å². The third-order valence-electron chi connectivity index (χ3n) is 3.76. The van der Waals surface area contributed by atoms with E-state index >= 15 is 0 Å². The van der Waals surface area contributed by atoms with Gasteiger partial charge >= 0.3 is 6.03 Å². The van der Waals surface area contributed by atoms with Gasteiger partial charge in [0.05, 0.1) is 4.90 Å². The Balaban J connectivity index is 1.88. The molecule has 2 aromatic rings. The van der Waals surface area contributed by atoms with E-state index in [0.29, 0.717) is 17.9 Å². The molecule has 140 valence electrons. The van der Waals surface area contributed by atoms with E-state index in [1.807, 2.05) is 6.07 Å². The van der Waals surface area contributed by atoms with Gasteiger partial charge in [0, 0.05) is 17.9 Å². The van der Waals surface area contributed by atoms with Gasteiger partial charge in [0.1, 0.15) is 0 Å². The van der Waals surface area contributed by atoms with Gasteiger partial charge in [-0.15, -0.1) is 0 Å². The first-order valence-electron chi connectivity index (χ1n) is 8.74. The molecule has 2 rings (SSSR count). The molecule has 2 aromatic carbocycles. The maximum absolute atomic E-state index is 12.4. The Bertz CT molecular complexity index is 791. The van der Waals surface area contributed by atoms with Crippen LogP contribution in [0.15, 0.2) is 59.5 Å². The summed E-state index contributed by atoms with van der Waals surface area (Å²) in [4.78, 5) is 11.9. The van der Waals surface area contributed by atoms with Crippen molar-refractivity contribution in [2.75, 3.05) is 16.6 Å². The van der Waals surface area contributed by atoms with Crippen LogP contribution in [0.3, 0.4) is 0 Å². The number of benzene rings is 2. The number of carbonyl (C=O) groups excluding carboxylic acids is 1. The molecule has 0 unspecified atom stereocenters. The highest BCUT2D eigenvalue weighted by Gasteiger charge is 2.14. The molecular weight excluding hydrogens is 350 g/mol. The van der Waals surface area contributed by atoms with Gasteiger partial charge in [-0.1, -0.05) is 44.4 Å². The molecule has 0 saturated carbocycles. The van der Waals surface area contributed by atoms with Crippen LogP contribution in [-0.4, -0.2) is 21.0 Å². The molecule has 0 fully saturated rings. The molecule has 0 aliphatic carbocycles. The van der Waals surface area contributed by atoms with Crippen molar-refractivity contribution in [2.45, 2.75) is 37.5 Å². The lowest BCUT2D eigenvalue weighted by atomic mass is 10.2. The zero-order valence-electron chi connectivity index (χ0n) is 14.9. The van der Waals surface area contributed by atoms with Crippen LogP contribution in [0.4, 0.5) is 16.2 Å². The van der Waals surface area contributed by atoms with Crippen LogP contribution in [0.5, 0.6) is 0 Å². The van der Waals surface area contributed by atoms with Gasteiger partial charge in [0.2, 0.25) is 0 Å². The topological polar surface area (TPSA) is 87.3 Å². The minimum absolute atomic E-state index is 0.131. The lowest BCUT2D eigenvalue weighted by Crippen LogP contribution is -2.29. The minimum Gasteiger partial charge on any atom is -0.338 e. The summed E-state index contributed by atoms with van der Waals surface area (Å²) in [6.07, 6.45) is 4.36. The van der Waals surface area contributed by atoms with E-state index in [4.69, 9.17) is 0 Å². The van der Waals surface area contributed by atoms with E-state index < -0.39 is 10.0 Å². The van der Waals surface area contributed by atoms with Gasteiger partial charge in [0.15, 0.2) is 0 Å². The van der Waals surface area contributed by atoms with Crippen molar-refractivity contribution in [3.8, 4) is 0 Å². The summed E-state index contributed by atoms with van der Waals surface area (Å²) in [5.74, 6) is 0. The predicted molar refractivity (Wildman–Crippen MR) is 105 cm³/mol. The molecule has 0 atom stereocenters. The number of hydrogen-bond acceptors (Lipinski definition) is 3. The molecular formula is C19H25N3O3S. The van der Waals surface area contributed by atoms with E-state index in [1.165, 1.54) is 12.1 Å². The van der Waals surface area contributed by atoms with Crippen LogP contribution < -0.4 is 15.4 Å². The molecule has 0 aromatic heterocycles. The molecule has 26 heavy (non-hydrogen) atoms. The second-order valence-electron chi connectivity index (χ2n) is 5.94. The van der Waals surface area contributed by atoms with Crippen LogP contribution in [0.2, 0.25) is 0 Å². The number of hydrogen-bond donors (Lipinski definition) is 3. The molecule has 0 aliphatic rings. The number of carbonyl (C=O) groups is 1. The number of anilines is 2. The van der Waals surface area contributed by atoms with Gasteiger partial charge in [-0.25, -0.2) is 13.2 Å². The zero-order valence-corrected chi connectivity index (χ0v) is 15.7. The Kier molecular flexibility index (Phi) is 7.47. The van der Waals surface area contributed by atoms with Crippen LogP contribution in [0.1, 0.15) is 32.6 Å². The maximum Gasteiger partial charge on any atom is 0.319 e. The van der Waals surface area contributed by atoms with Crippen molar-refractivity contribution in [1.29, 1.82) is 0 Å². The van der Waals surface area contributed by atoms with Gasteiger partial charge in [-0.3, -0.25) is 4.72 Å². The number of urea groups is 1. The molecule has 6 nitrogen and oxygen atoms in total. The Labute approximate surface area is 155 Å². The smallest absolute Gasteiger partial charge is 0.319 e. The lowest BCUT2D eigenvalue weighted by molar-refractivity contribution is 0.252. The molecule has 0 spiro atoms. The third kappa shape index (κ3) is 6.40. The van der Waals surface area contributed by atoms with Crippen LogP contribution in [0, 0.1) is 0 Å². The number of amides is 2. The molecule has 2 amide bonds. The summed E-state index contributed by atoms with van der Waals surface area (Å²) in [6.45, 7) is 2.76. The van der Waals surface area contributed by atoms with E-state index in [-0.39, 0.29) is 10.9 Å². The van der Waals surface area contributed by atoms with E-state index in [2.05, 4.69) is 22.3 Å². The van der Waals surface area contributed by atoms with E-state index in [9.17, 15) is 13.2 Å². The van der Waals surface area contributed by atoms with Crippen molar-refractivity contribution < 1.29 is 13.2 Å². The summed E-state index contributed by atoms with van der Waals surface area (Å²) < 4.78 is 27.2. The monoisotopic (exact) mass is 375 g/mol. The lowest BCUT2D eigenvalue weighted by Gasteiger charge is -2.10. The van der Waals surface area contributed by atoms with Crippen LogP contribution >= 0.6 is 0 Å². The Morgan fingerprint density at radius 3 is 2.23 bits per heavy atom. The fraction of sp³-hybridized carbons (Fsp3) is 0.316. The first kappa shape index (κ1) is 19.8. The van der Waals surface area contributed by atoms with Gasteiger partial charge in [0.25, 0.3) is 10.0 Å². The molecule has 0 saturated heterocycles. The highest BCUT2D eigenvalue weighted by Crippen LogP contribution is 2.18. The molecule has 3 N–H and O–H groups in total. The molecule has 0 heterocycles. The van der Waals surface area contributed by atoms with Crippen LogP contribution in [0.25, 0.3) is 0 Å². The second-order valence-corrected chi connectivity index (χ2v) is 7.62. The first-order valence-corrected chi connectivity index (χ1v) is 10.2. The van der Waals surface area contributed by atoms with Crippen molar-refractivity contribution >= 4 is 27.4 Å². The zero-order chi connectivity index (χ0) is 18.8. The average molecular weight is 375 g/mol. The van der Waals surface area contributed by atoms with E-state index in [1.54, 1.807) is 36.4 Å². The fourth-order valence-corrected chi connectivity index (χ4v) is 3.43. The summed E-state index contributed by atoms with van der Waals surface area (Å²) in [7, 11) is -3.66. The predicted octanol–water partition coefficient (Wildman–Crippen LogP) is 4.19. The van der Waals surface area contributed by atoms with Crippen molar-refractivity contribution in [3.63, 3.8) is 0 Å². The largest absolute Gasteiger partial charge is 0.338 e.